The summed E-state index contributed by atoms with van der Waals surface area (Å²) >= 11 is 0. The van der Waals surface area contributed by atoms with E-state index in [1.165, 1.54) is 0 Å². The van der Waals surface area contributed by atoms with Gasteiger partial charge in [0.15, 0.2) is 5.69 Å². The highest BCUT2D eigenvalue weighted by Gasteiger charge is 2.30. The molecular weight excluding hydrogens is 396 g/mol. The van der Waals surface area contributed by atoms with Crippen LogP contribution in [0.2, 0.25) is 0 Å². The smallest absolute Gasteiger partial charge is 0.317 e. The Morgan fingerprint density at radius 3 is 2.81 bits per heavy atom. The summed E-state index contributed by atoms with van der Waals surface area (Å²) in [6, 6.07) is 6.07. The maximum atomic E-state index is 13.1. The zero-order valence-corrected chi connectivity index (χ0v) is 18.6. The second-order valence-electron chi connectivity index (χ2n) is 8.55. The SMILES string of the molecule is Cc1c(C(=O)N2CCOC[C@@H]2C)nnn1-c1cccc2c1CCN(C(=O)NC(C)C)C2. The van der Waals surface area contributed by atoms with Crippen LogP contribution in [0.25, 0.3) is 5.69 Å². The topological polar surface area (TPSA) is 92.6 Å². The van der Waals surface area contributed by atoms with E-state index in [-0.39, 0.29) is 24.0 Å². The van der Waals surface area contributed by atoms with E-state index >= 15 is 0 Å². The summed E-state index contributed by atoms with van der Waals surface area (Å²) in [4.78, 5) is 29.1. The molecule has 9 heteroatoms. The van der Waals surface area contributed by atoms with Crippen molar-refractivity contribution in [3.05, 3.63) is 40.7 Å². The number of rotatable bonds is 3. The molecule has 9 nitrogen and oxygen atoms in total. The first-order chi connectivity index (χ1) is 14.9. The number of aromatic nitrogens is 3. The number of amides is 3. The Kier molecular flexibility index (Phi) is 5.95. The van der Waals surface area contributed by atoms with Crippen molar-refractivity contribution in [2.24, 2.45) is 0 Å². The molecular formula is C22H30N6O3. The number of nitrogens with zero attached hydrogens (tertiary/aromatic N) is 5. The molecule has 2 aromatic rings. The highest BCUT2D eigenvalue weighted by atomic mass is 16.5. The van der Waals surface area contributed by atoms with E-state index in [9.17, 15) is 9.59 Å². The van der Waals surface area contributed by atoms with Crippen molar-refractivity contribution in [3.8, 4) is 5.69 Å². The van der Waals surface area contributed by atoms with Gasteiger partial charge >= 0.3 is 6.03 Å². The zero-order chi connectivity index (χ0) is 22.1. The minimum atomic E-state index is -0.110. The van der Waals surface area contributed by atoms with Gasteiger partial charge in [-0.1, -0.05) is 17.3 Å². The van der Waals surface area contributed by atoms with Crippen LogP contribution >= 0.6 is 0 Å². The molecule has 0 radical (unpaired) electrons. The Morgan fingerprint density at radius 2 is 2.06 bits per heavy atom. The quantitative estimate of drug-likeness (QED) is 0.809. The van der Waals surface area contributed by atoms with Crippen molar-refractivity contribution in [3.63, 3.8) is 0 Å². The minimum Gasteiger partial charge on any atom is -0.377 e. The lowest BCUT2D eigenvalue weighted by molar-refractivity contribution is 0.00322. The highest BCUT2D eigenvalue weighted by molar-refractivity contribution is 5.93. The molecule has 1 aromatic carbocycles. The van der Waals surface area contributed by atoms with Crippen molar-refractivity contribution >= 4 is 11.9 Å². The summed E-state index contributed by atoms with van der Waals surface area (Å²) in [5.74, 6) is -0.110. The molecule has 1 atom stereocenters. The third-order valence-corrected chi connectivity index (χ3v) is 5.89. The Morgan fingerprint density at radius 1 is 1.26 bits per heavy atom. The molecule has 166 valence electrons. The van der Waals surface area contributed by atoms with Crippen molar-refractivity contribution in [1.82, 2.24) is 30.1 Å². The molecule has 1 aromatic heterocycles. The van der Waals surface area contributed by atoms with E-state index in [1.54, 1.807) is 9.58 Å². The molecule has 3 amide bonds. The van der Waals surface area contributed by atoms with E-state index in [2.05, 4.69) is 15.6 Å². The monoisotopic (exact) mass is 426 g/mol. The fourth-order valence-electron chi connectivity index (χ4n) is 4.22. The lowest BCUT2D eigenvalue weighted by Crippen LogP contribution is -2.47. The van der Waals surface area contributed by atoms with Gasteiger partial charge in [0.1, 0.15) is 0 Å². The average Bonchev–Trinajstić information content (AvgIpc) is 3.13. The predicted octanol–water partition coefficient (Wildman–Crippen LogP) is 1.91. The van der Waals surface area contributed by atoms with Crippen molar-refractivity contribution in [2.45, 2.75) is 52.7 Å². The molecule has 1 N–H and O–H groups in total. The van der Waals surface area contributed by atoms with Gasteiger partial charge in [-0.2, -0.15) is 0 Å². The second kappa shape index (κ2) is 8.66. The first-order valence-electron chi connectivity index (χ1n) is 10.8. The molecule has 1 fully saturated rings. The van der Waals surface area contributed by atoms with Crippen LogP contribution in [0.15, 0.2) is 18.2 Å². The normalized spacial score (nSPS) is 18.8. The van der Waals surface area contributed by atoms with Gasteiger partial charge in [0.2, 0.25) is 0 Å². The third-order valence-electron chi connectivity index (χ3n) is 5.89. The largest absolute Gasteiger partial charge is 0.377 e. The van der Waals surface area contributed by atoms with Gasteiger partial charge < -0.3 is 19.9 Å². The molecule has 0 unspecified atom stereocenters. The number of ether oxygens (including phenoxy) is 1. The number of benzene rings is 1. The van der Waals surface area contributed by atoms with Gasteiger partial charge in [-0.3, -0.25) is 4.79 Å². The number of hydrogen-bond acceptors (Lipinski definition) is 5. The molecule has 1 saturated heterocycles. The Labute approximate surface area is 182 Å². The number of nitrogens with one attached hydrogen (secondary N) is 1. The zero-order valence-electron chi connectivity index (χ0n) is 18.6. The fraction of sp³-hybridized carbons (Fsp3) is 0.545. The summed E-state index contributed by atoms with van der Waals surface area (Å²) in [6.07, 6.45) is 0.722. The minimum absolute atomic E-state index is 0.0123. The summed E-state index contributed by atoms with van der Waals surface area (Å²) in [6.45, 7) is 10.6. The van der Waals surface area contributed by atoms with Crippen LogP contribution in [0.1, 0.15) is 48.1 Å². The van der Waals surface area contributed by atoms with Gasteiger partial charge in [0, 0.05) is 25.7 Å². The van der Waals surface area contributed by atoms with Crippen molar-refractivity contribution in [1.29, 1.82) is 0 Å². The van der Waals surface area contributed by atoms with Gasteiger partial charge in [-0.05, 0) is 51.3 Å². The fourth-order valence-corrected chi connectivity index (χ4v) is 4.22. The van der Waals surface area contributed by atoms with Crippen LogP contribution < -0.4 is 5.32 Å². The van der Waals surface area contributed by atoms with Gasteiger partial charge in [0.05, 0.1) is 30.6 Å². The van der Waals surface area contributed by atoms with E-state index in [4.69, 9.17) is 4.74 Å². The summed E-state index contributed by atoms with van der Waals surface area (Å²) in [5, 5.41) is 11.5. The van der Waals surface area contributed by atoms with Gasteiger partial charge in [0.25, 0.3) is 5.91 Å². The number of morpholine rings is 1. The first-order valence-corrected chi connectivity index (χ1v) is 10.8. The van der Waals surface area contributed by atoms with E-state index < -0.39 is 0 Å². The molecule has 31 heavy (non-hydrogen) atoms. The van der Waals surface area contributed by atoms with E-state index in [1.807, 2.05) is 50.8 Å². The highest BCUT2D eigenvalue weighted by Crippen LogP contribution is 2.26. The van der Waals surface area contributed by atoms with Gasteiger partial charge in [-0.25, -0.2) is 9.48 Å². The standard InChI is InChI=1S/C22H30N6O3/c1-14(2)23-22(30)26-9-8-18-17(12-26)6-5-7-19(18)28-16(4)20(24-25-28)21(29)27-10-11-31-13-15(27)3/h5-7,14-15H,8-13H2,1-4H3,(H,23,30)/t15-/m0/s1. The molecule has 0 spiro atoms. The number of urea groups is 1. The van der Waals surface area contributed by atoms with Gasteiger partial charge in [-0.15, -0.1) is 5.10 Å². The van der Waals surface area contributed by atoms with E-state index in [0.717, 1.165) is 28.9 Å². The Hall–Kier alpha value is -2.94. The second-order valence-corrected chi connectivity index (χ2v) is 8.55. The van der Waals surface area contributed by atoms with Crippen molar-refractivity contribution < 1.29 is 14.3 Å². The van der Waals surface area contributed by atoms with Crippen LogP contribution in [0.3, 0.4) is 0 Å². The molecule has 0 bridgehead atoms. The molecule has 2 aliphatic heterocycles. The molecule has 3 heterocycles. The number of hydrogen-bond donors (Lipinski definition) is 1. The maximum absolute atomic E-state index is 13.1. The summed E-state index contributed by atoms with van der Waals surface area (Å²) in [7, 11) is 0. The summed E-state index contributed by atoms with van der Waals surface area (Å²) in [5.41, 5.74) is 4.24. The molecule has 2 aliphatic rings. The third kappa shape index (κ3) is 4.14. The number of carbonyl (C=O) groups excluding carboxylic acids is 2. The number of carbonyl (C=O) groups is 2. The predicted molar refractivity (Wildman–Crippen MR) is 115 cm³/mol. The average molecular weight is 427 g/mol. The van der Waals surface area contributed by atoms with Crippen molar-refractivity contribution in [2.75, 3.05) is 26.3 Å². The van der Waals surface area contributed by atoms with Crippen LogP contribution in [0.5, 0.6) is 0 Å². The molecule has 0 saturated carbocycles. The Bertz CT molecular complexity index is 986. The van der Waals surface area contributed by atoms with E-state index in [0.29, 0.717) is 38.5 Å². The van der Waals surface area contributed by atoms with Crippen LogP contribution in [-0.4, -0.2) is 75.1 Å². The van der Waals surface area contributed by atoms with Crippen LogP contribution in [0.4, 0.5) is 4.79 Å². The first kappa shape index (κ1) is 21.3. The van der Waals surface area contributed by atoms with Crippen LogP contribution in [-0.2, 0) is 17.7 Å². The molecule has 0 aliphatic carbocycles. The summed E-state index contributed by atoms with van der Waals surface area (Å²) < 4.78 is 7.20. The number of fused-ring (bicyclic) bond motifs is 1. The van der Waals surface area contributed by atoms with Crippen LogP contribution in [0, 0.1) is 6.92 Å². The lowest BCUT2D eigenvalue weighted by atomic mass is 9.97. The maximum Gasteiger partial charge on any atom is 0.317 e. The molecule has 4 rings (SSSR count). The lowest BCUT2D eigenvalue weighted by Gasteiger charge is -2.32. The Balaban J connectivity index is 1.59.